The first-order valence-electron chi connectivity index (χ1n) is 11.0. The number of aliphatic hydroxyl groups excluding tert-OH is 1. The second kappa shape index (κ2) is 12.1. The number of amides is 4. The van der Waals surface area contributed by atoms with Gasteiger partial charge in [0.1, 0.15) is 29.9 Å². The first-order valence-corrected chi connectivity index (χ1v) is 11.0. The number of hydrogen-bond donors (Lipinski definition) is 7. The lowest BCUT2D eigenvalue weighted by Crippen LogP contribution is -2.58. The molecule has 0 aromatic heterocycles. The third kappa shape index (κ3) is 7.65. The van der Waals surface area contributed by atoms with E-state index in [-0.39, 0.29) is 18.7 Å². The summed E-state index contributed by atoms with van der Waals surface area (Å²) in [6, 6.07) is 0.771. The molecule has 0 saturated carbocycles. The van der Waals surface area contributed by atoms with Gasteiger partial charge in [0.2, 0.25) is 23.6 Å². The Balaban J connectivity index is 2.23. The zero-order valence-electron chi connectivity index (χ0n) is 19.2. The van der Waals surface area contributed by atoms with E-state index in [9.17, 15) is 39.3 Å². The first-order chi connectivity index (χ1) is 16.4. The van der Waals surface area contributed by atoms with Crippen LogP contribution in [0.15, 0.2) is 24.3 Å². The number of aliphatic hydroxyl groups is 1. The molecule has 5 unspecified atom stereocenters. The van der Waals surface area contributed by atoms with Crippen LogP contribution in [-0.4, -0.2) is 86.6 Å². The van der Waals surface area contributed by atoms with E-state index in [1.165, 1.54) is 36.1 Å². The molecule has 1 saturated heterocycles. The Morgan fingerprint density at radius 2 is 1.74 bits per heavy atom. The second-order valence-electron chi connectivity index (χ2n) is 8.46. The number of nitrogens with zero attached hydrogens (tertiary/aromatic N) is 1. The van der Waals surface area contributed by atoms with Gasteiger partial charge in [-0.15, -0.1) is 0 Å². The third-order valence-corrected chi connectivity index (χ3v) is 5.67. The molecule has 1 aromatic carbocycles. The lowest BCUT2D eigenvalue weighted by molar-refractivity contribution is -0.144. The second-order valence-corrected chi connectivity index (χ2v) is 8.46. The number of primary amides is 1. The van der Waals surface area contributed by atoms with E-state index in [1.807, 2.05) is 0 Å². The summed E-state index contributed by atoms with van der Waals surface area (Å²) in [5.74, 6) is -4.57. The largest absolute Gasteiger partial charge is 0.508 e. The Bertz CT molecular complexity index is 952. The maximum atomic E-state index is 13.1. The SMILES string of the molecule is CC(O)C(N)C(=O)N1CCCC1C(=O)NC(Cc1ccc(O)cc1)C(=O)NC(CC(N)=O)C(=O)O. The predicted octanol–water partition coefficient (Wildman–Crippen LogP) is -2.44. The highest BCUT2D eigenvalue weighted by Gasteiger charge is 2.39. The van der Waals surface area contributed by atoms with Gasteiger partial charge in [-0.2, -0.15) is 0 Å². The number of carboxylic acid groups (broad SMARTS) is 1. The van der Waals surface area contributed by atoms with Gasteiger partial charge in [0.05, 0.1) is 12.5 Å². The summed E-state index contributed by atoms with van der Waals surface area (Å²) in [5.41, 5.74) is 11.3. The summed E-state index contributed by atoms with van der Waals surface area (Å²) in [7, 11) is 0. The predicted molar refractivity (Wildman–Crippen MR) is 122 cm³/mol. The molecule has 9 N–H and O–H groups in total. The molecule has 0 spiro atoms. The average molecular weight is 494 g/mol. The van der Waals surface area contributed by atoms with Crippen LogP contribution in [0.2, 0.25) is 0 Å². The van der Waals surface area contributed by atoms with Crippen LogP contribution >= 0.6 is 0 Å². The highest BCUT2D eigenvalue weighted by Crippen LogP contribution is 2.20. The fourth-order valence-corrected chi connectivity index (χ4v) is 3.72. The van der Waals surface area contributed by atoms with E-state index in [0.29, 0.717) is 18.4 Å². The molecule has 13 heteroatoms. The number of nitrogens with one attached hydrogen (secondary N) is 2. The number of benzene rings is 1. The van der Waals surface area contributed by atoms with Crippen LogP contribution in [0.1, 0.15) is 31.7 Å². The molecule has 4 amide bonds. The van der Waals surface area contributed by atoms with E-state index >= 15 is 0 Å². The van der Waals surface area contributed by atoms with Crippen molar-refractivity contribution in [3.8, 4) is 5.75 Å². The number of likely N-dealkylation sites (tertiary alicyclic amines) is 1. The lowest BCUT2D eigenvalue weighted by Gasteiger charge is -2.29. The molecular weight excluding hydrogens is 462 g/mol. The van der Waals surface area contributed by atoms with Gasteiger partial charge in [0.15, 0.2) is 0 Å². The number of phenols is 1. The molecule has 13 nitrogen and oxygen atoms in total. The standard InChI is InChI=1S/C22H31N5O8/c1-11(28)18(24)21(33)27-8-2-3-16(27)20(32)25-14(9-12-4-6-13(29)7-5-12)19(31)26-15(22(34)35)10-17(23)30/h4-7,11,14-16,18,28-29H,2-3,8-10,24H2,1H3,(H2,23,30)(H,25,32)(H,26,31)(H,34,35). The van der Waals surface area contributed by atoms with Gasteiger partial charge in [0, 0.05) is 13.0 Å². The van der Waals surface area contributed by atoms with Crippen LogP contribution in [0, 0.1) is 0 Å². The zero-order chi connectivity index (χ0) is 26.3. The van der Waals surface area contributed by atoms with E-state index in [0.717, 1.165) is 0 Å². The Morgan fingerprint density at radius 3 is 2.29 bits per heavy atom. The average Bonchev–Trinajstić information content (AvgIpc) is 3.28. The number of phenolic OH excluding ortho intramolecular Hbond substituents is 1. The monoisotopic (exact) mass is 493 g/mol. The number of rotatable bonds is 11. The van der Waals surface area contributed by atoms with Crippen molar-refractivity contribution in [2.75, 3.05) is 6.54 Å². The van der Waals surface area contributed by atoms with Gasteiger partial charge < -0.3 is 42.3 Å². The summed E-state index contributed by atoms with van der Waals surface area (Å²) in [4.78, 5) is 62.5. The van der Waals surface area contributed by atoms with Crippen molar-refractivity contribution in [1.29, 1.82) is 0 Å². The topological polar surface area (TPSA) is 225 Å². The number of aliphatic carboxylic acids is 1. The number of carboxylic acids is 1. The van der Waals surface area contributed by atoms with Crippen LogP contribution in [0.4, 0.5) is 0 Å². The van der Waals surface area contributed by atoms with E-state index in [2.05, 4.69) is 10.6 Å². The molecule has 1 aromatic rings. The quantitative estimate of drug-likeness (QED) is 0.174. The van der Waals surface area contributed by atoms with Crippen molar-refractivity contribution >= 4 is 29.6 Å². The minimum Gasteiger partial charge on any atom is -0.508 e. The van der Waals surface area contributed by atoms with Gasteiger partial charge >= 0.3 is 5.97 Å². The molecule has 1 aliphatic rings. The summed E-state index contributed by atoms with van der Waals surface area (Å²) >= 11 is 0. The van der Waals surface area contributed by atoms with Gasteiger partial charge in [-0.05, 0) is 37.5 Å². The number of hydrogen-bond acceptors (Lipinski definition) is 8. The maximum Gasteiger partial charge on any atom is 0.326 e. The fourth-order valence-electron chi connectivity index (χ4n) is 3.72. The van der Waals surface area contributed by atoms with Crippen molar-refractivity contribution in [2.24, 2.45) is 11.5 Å². The normalized spacial score (nSPS) is 18.7. The van der Waals surface area contributed by atoms with Crippen molar-refractivity contribution in [3.63, 3.8) is 0 Å². The molecule has 1 fully saturated rings. The number of aromatic hydroxyl groups is 1. The van der Waals surface area contributed by atoms with Crippen LogP contribution in [0.25, 0.3) is 0 Å². The van der Waals surface area contributed by atoms with Crippen molar-refractivity contribution < 1.29 is 39.3 Å². The molecule has 0 aliphatic carbocycles. The van der Waals surface area contributed by atoms with E-state index in [4.69, 9.17) is 11.5 Å². The summed E-state index contributed by atoms with van der Waals surface area (Å²) in [5, 5.41) is 33.2. The Hall–Kier alpha value is -3.71. The summed E-state index contributed by atoms with van der Waals surface area (Å²) < 4.78 is 0. The minimum absolute atomic E-state index is 0.0132. The van der Waals surface area contributed by atoms with E-state index in [1.54, 1.807) is 0 Å². The highest BCUT2D eigenvalue weighted by atomic mass is 16.4. The maximum absolute atomic E-state index is 13.1. The summed E-state index contributed by atoms with van der Waals surface area (Å²) in [6.45, 7) is 1.60. The van der Waals surface area contributed by atoms with Crippen LogP contribution < -0.4 is 22.1 Å². The lowest BCUT2D eigenvalue weighted by atomic mass is 10.0. The van der Waals surface area contributed by atoms with Gasteiger partial charge in [-0.3, -0.25) is 19.2 Å². The Morgan fingerprint density at radius 1 is 1.11 bits per heavy atom. The highest BCUT2D eigenvalue weighted by molar-refractivity contribution is 5.95. The molecule has 35 heavy (non-hydrogen) atoms. The smallest absolute Gasteiger partial charge is 0.326 e. The van der Waals surface area contributed by atoms with Gasteiger partial charge in [-0.1, -0.05) is 12.1 Å². The zero-order valence-corrected chi connectivity index (χ0v) is 19.2. The molecule has 5 atom stereocenters. The van der Waals surface area contributed by atoms with E-state index < -0.39 is 66.3 Å². The molecule has 1 aliphatic heterocycles. The minimum atomic E-state index is -1.60. The van der Waals surface area contributed by atoms with Crippen LogP contribution in [0.3, 0.4) is 0 Å². The van der Waals surface area contributed by atoms with Crippen molar-refractivity contribution in [2.45, 2.75) is 62.9 Å². The molecule has 0 bridgehead atoms. The molecule has 2 rings (SSSR count). The number of carbonyl (C=O) groups excluding carboxylic acids is 4. The molecule has 0 radical (unpaired) electrons. The molecule has 1 heterocycles. The Kier molecular flexibility index (Phi) is 9.54. The van der Waals surface area contributed by atoms with Gasteiger partial charge in [-0.25, -0.2) is 4.79 Å². The molecule has 192 valence electrons. The van der Waals surface area contributed by atoms with Crippen LogP contribution in [0.5, 0.6) is 5.75 Å². The first kappa shape index (κ1) is 27.5. The number of nitrogens with two attached hydrogens (primary N) is 2. The van der Waals surface area contributed by atoms with Gasteiger partial charge in [0.25, 0.3) is 0 Å². The summed E-state index contributed by atoms with van der Waals surface area (Å²) in [6.07, 6.45) is -1.04. The molecular formula is C22H31N5O8. The van der Waals surface area contributed by atoms with Crippen molar-refractivity contribution in [3.05, 3.63) is 29.8 Å². The number of carbonyl (C=O) groups is 5. The van der Waals surface area contributed by atoms with Crippen LogP contribution in [-0.2, 0) is 30.4 Å². The Labute approximate surface area is 201 Å². The van der Waals surface area contributed by atoms with Crippen molar-refractivity contribution in [1.82, 2.24) is 15.5 Å². The fraction of sp³-hybridized carbons (Fsp3) is 0.500. The third-order valence-electron chi connectivity index (χ3n) is 5.67.